The molecule has 0 aliphatic rings. The number of alkyl halides is 3. The third kappa shape index (κ3) is 2.85. The number of hydrogen-bond donors (Lipinski definition) is 0. The molecule has 3 aromatic rings. The summed E-state index contributed by atoms with van der Waals surface area (Å²) in [7, 11) is 0. The Morgan fingerprint density at radius 2 is 1.68 bits per heavy atom. The predicted molar refractivity (Wildman–Crippen MR) is 79.0 cm³/mol. The van der Waals surface area contributed by atoms with Crippen LogP contribution in [0.5, 0.6) is 0 Å². The summed E-state index contributed by atoms with van der Waals surface area (Å²) in [5.74, 6) is 0. The molecule has 22 heavy (non-hydrogen) atoms. The van der Waals surface area contributed by atoms with Crippen LogP contribution in [0.25, 0.3) is 16.9 Å². The molecule has 0 aliphatic carbocycles. The SMILES string of the molecule is FC(F)(F)c1ccc(Cl)c(-n2ccc(-c3ccccc3)n2)c1. The number of rotatable bonds is 2. The summed E-state index contributed by atoms with van der Waals surface area (Å²) in [6.45, 7) is 0. The number of nitrogens with zero attached hydrogens (tertiary/aromatic N) is 2. The molecule has 0 radical (unpaired) electrons. The summed E-state index contributed by atoms with van der Waals surface area (Å²) in [4.78, 5) is 0. The van der Waals surface area contributed by atoms with Crippen LogP contribution < -0.4 is 0 Å². The normalized spacial score (nSPS) is 11.6. The van der Waals surface area contributed by atoms with Crippen molar-refractivity contribution < 1.29 is 13.2 Å². The molecule has 2 nitrogen and oxygen atoms in total. The monoisotopic (exact) mass is 322 g/mol. The van der Waals surface area contributed by atoms with Gasteiger partial charge in [0.15, 0.2) is 0 Å². The standard InChI is InChI=1S/C16H10ClF3N2/c17-13-7-6-12(16(18,19)20)10-15(13)22-9-8-14(21-22)11-4-2-1-3-5-11/h1-10H. The van der Waals surface area contributed by atoms with Crippen molar-refractivity contribution in [1.82, 2.24) is 9.78 Å². The van der Waals surface area contributed by atoms with E-state index in [0.29, 0.717) is 5.69 Å². The van der Waals surface area contributed by atoms with Gasteiger partial charge in [-0.25, -0.2) is 4.68 Å². The highest BCUT2D eigenvalue weighted by Gasteiger charge is 2.31. The molecule has 0 amide bonds. The van der Waals surface area contributed by atoms with Crippen molar-refractivity contribution in [1.29, 1.82) is 0 Å². The first kappa shape index (κ1) is 14.7. The van der Waals surface area contributed by atoms with E-state index in [9.17, 15) is 13.2 Å². The molecule has 6 heteroatoms. The van der Waals surface area contributed by atoms with Gasteiger partial charge in [0.25, 0.3) is 0 Å². The molecular formula is C16H10ClF3N2. The van der Waals surface area contributed by atoms with Gasteiger partial charge in [0.05, 0.1) is 22.0 Å². The fraction of sp³-hybridized carbons (Fsp3) is 0.0625. The predicted octanol–water partition coefficient (Wildman–Crippen LogP) is 5.21. The van der Waals surface area contributed by atoms with E-state index >= 15 is 0 Å². The molecule has 0 saturated heterocycles. The molecule has 0 bridgehead atoms. The average Bonchev–Trinajstić information content (AvgIpc) is 2.97. The quantitative estimate of drug-likeness (QED) is 0.633. The molecule has 2 aromatic carbocycles. The van der Waals surface area contributed by atoms with E-state index in [0.717, 1.165) is 17.7 Å². The van der Waals surface area contributed by atoms with Gasteiger partial charge in [-0.3, -0.25) is 0 Å². The lowest BCUT2D eigenvalue weighted by Crippen LogP contribution is -2.06. The number of halogens is 4. The fourth-order valence-electron chi connectivity index (χ4n) is 2.09. The van der Waals surface area contributed by atoms with Crippen molar-refractivity contribution in [3.05, 3.63) is 71.4 Å². The Kier molecular flexibility index (Phi) is 3.66. The molecule has 112 valence electrons. The molecule has 0 aliphatic heterocycles. The van der Waals surface area contributed by atoms with Crippen LogP contribution in [0.3, 0.4) is 0 Å². The zero-order valence-electron chi connectivity index (χ0n) is 11.2. The maximum absolute atomic E-state index is 12.8. The van der Waals surface area contributed by atoms with Crippen molar-refractivity contribution in [3.8, 4) is 16.9 Å². The van der Waals surface area contributed by atoms with Crippen LogP contribution in [0.4, 0.5) is 13.2 Å². The van der Waals surface area contributed by atoms with Crippen molar-refractivity contribution in [2.75, 3.05) is 0 Å². The largest absolute Gasteiger partial charge is 0.416 e. The Labute approximate surface area is 129 Å². The van der Waals surface area contributed by atoms with Crippen LogP contribution >= 0.6 is 11.6 Å². The fourth-order valence-corrected chi connectivity index (χ4v) is 2.29. The van der Waals surface area contributed by atoms with Crippen LogP contribution in [0.2, 0.25) is 5.02 Å². The summed E-state index contributed by atoms with van der Waals surface area (Å²) >= 11 is 6.01. The van der Waals surface area contributed by atoms with Gasteiger partial charge in [-0.05, 0) is 24.3 Å². The molecule has 3 rings (SSSR count). The Morgan fingerprint density at radius 3 is 2.36 bits per heavy atom. The van der Waals surface area contributed by atoms with Crippen LogP contribution in [0.1, 0.15) is 5.56 Å². The first-order valence-electron chi connectivity index (χ1n) is 6.43. The Hall–Kier alpha value is -2.27. The maximum atomic E-state index is 12.8. The van der Waals surface area contributed by atoms with Gasteiger partial charge in [-0.15, -0.1) is 0 Å². The summed E-state index contributed by atoms with van der Waals surface area (Å²) in [6.07, 6.45) is -2.83. The molecule has 0 N–H and O–H groups in total. The first-order chi connectivity index (χ1) is 10.4. The van der Waals surface area contributed by atoms with Crippen molar-refractivity contribution in [2.24, 2.45) is 0 Å². The van der Waals surface area contributed by atoms with Crippen molar-refractivity contribution in [2.45, 2.75) is 6.18 Å². The minimum Gasteiger partial charge on any atom is -0.239 e. The average molecular weight is 323 g/mol. The number of aromatic nitrogens is 2. The Balaban J connectivity index is 2.04. The number of benzene rings is 2. The highest BCUT2D eigenvalue weighted by molar-refractivity contribution is 6.32. The van der Waals surface area contributed by atoms with E-state index in [1.807, 2.05) is 30.3 Å². The third-order valence-corrected chi connectivity index (χ3v) is 3.50. The summed E-state index contributed by atoms with van der Waals surface area (Å²) in [6, 6.07) is 14.3. The minimum atomic E-state index is -4.42. The lowest BCUT2D eigenvalue weighted by atomic mass is 10.2. The second-order valence-electron chi connectivity index (χ2n) is 4.68. The maximum Gasteiger partial charge on any atom is 0.416 e. The smallest absolute Gasteiger partial charge is 0.239 e. The third-order valence-electron chi connectivity index (χ3n) is 3.18. The molecule has 1 aromatic heterocycles. The van der Waals surface area contributed by atoms with Gasteiger partial charge in [0.2, 0.25) is 0 Å². The summed E-state index contributed by atoms with van der Waals surface area (Å²) < 4.78 is 39.8. The van der Waals surface area contributed by atoms with E-state index in [4.69, 9.17) is 11.6 Å². The molecular weight excluding hydrogens is 313 g/mol. The Morgan fingerprint density at radius 1 is 0.955 bits per heavy atom. The molecule has 0 saturated carbocycles. The van der Waals surface area contributed by atoms with E-state index < -0.39 is 11.7 Å². The Bertz CT molecular complexity index is 795. The molecule has 0 unspecified atom stereocenters. The highest BCUT2D eigenvalue weighted by Crippen LogP contribution is 2.33. The van der Waals surface area contributed by atoms with Gasteiger partial charge in [0.1, 0.15) is 0 Å². The van der Waals surface area contributed by atoms with Crippen molar-refractivity contribution >= 4 is 11.6 Å². The van der Waals surface area contributed by atoms with Crippen LogP contribution in [0.15, 0.2) is 60.8 Å². The zero-order valence-corrected chi connectivity index (χ0v) is 11.9. The van der Waals surface area contributed by atoms with Gasteiger partial charge < -0.3 is 0 Å². The second-order valence-corrected chi connectivity index (χ2v) is 5.08. The molecule has 0 spiro atoms. The van der Waals surface area contributed by atoms with E-state index in [1.54, 1.807) is 12.3 Å². The lowest BCUT2D eigenvalue weighted by Gasteiger charge is -2.10. The summed E-state index contributed by atoms with van der Waals surface area (Å²) in [5, 5.41) is 4.50. The van der Waals surface area contributed by atoms with Gasteiger partial charge >= 0.3 is 6.18 Å². The zero-order chi connectivity index (χ0) is 15.7. The van der Waals surface area contributed by atoms with Crippen molar-refractivity contribution in [3.63, 3.8) is 0 Å². The molecule has 1 heterocycles. The topological polar surface area (TPSA) is 17.8 Å². The van der Waals surface area contributed by atoms with Crippen LogP contribution in [-0.4, -0.2) is 9.78 Å². The second kappa shape index (κ2) is 5.50. The van der Waals surface area contributed by atoms with Gasteiger partial charge in [-0.1, -0.05) is 41.9 Å². The van der Waals surface area contributed by atoms with Gasteiger partial charge in [-0.2, -0.15) is 18.3 Å². The van der Waals surface area contributed by atoms with Crippen LogP contribution in [-0.2, 0) is 6.18 Å². The van der Waals surface area contributed by atoms with Gasteiger partial charge in [0, 0.05) is 11.8 Å². The van der Waals surface area contributed by atoms with Crippen LogP contribution in [0, 0.1) is 0 Å². The van der Waals surface area contributed by atoms with E-state index in [2.05, 4.69) is 5.10 Å². The van der Waals surface area contributed by atoms with E-state index in [-0.39, 0.29) is 10.7 Å². The first-order valence-corrected chi connectivity index (χ1v) is 6.81. The number of hydrogen-bond acceptors (Lipinski definition) is 1. The lowest BCUT2D eigenvalue weighted by molar-refractivity contribution is -0.137. The minimum absolute atomic E-state index is 0.193. The molecule has 0 atom stereocenters. The van der Waals surface area contributed by atoms with E-state index in [1.165, 1.54) is 10.7 Å². The summed E-state index contributed by atoms with van der Waals surface area (Å²) in [5.41, 5.74) is 0.973. The molecule has 0 fully saturated rings. The highest BCUT2D eigenvalue weighted by atomic mass is 35.5.